The maximum Gasteiger partial charge on any atom is 0.176 e. The normalized spacial score (nSPS) is 20.2. The second-order valence-corrected chi connectivity index (χ2v) is 6.64. The molecule has 2 nitrogen and oxygen atoms in total. The molecule has 1 aliphatic rings. The smallest absolute Gasteiger partial charge is 0.176 e. The number of hydrogen-bond acceptors (Lipinski definition) is 2. The largest absolute Gasteiger partial charge is 0.299 e. The third-order valence-corrected chi connectivity index (χ3v) is 5.05. The number of benzene rings is 2. The second kappa shape index (κ2) is 6.56. The SMILES string of the molecule is CC(=O)[C@@]1(C/C=C/c2ccc(C)cc2)CCc2ccccc2C1=O. The molecular weight excluding hydrogens is 296 g/mol. The maximum absolute atomic E-state index is 13.0. The highest BCUT2D eigenvalue weighted by Gasteiger charge is 2.45. The summed E-state index contributed by atoms with van der Waals surface area (Å²) in [6, 6.07) is 15.9. The minimum absolute atomic E-state index is 0.0228. The summed E-state index contributed by atoms with van der Waals surface area (Å²) in [7, 11) is 0. The molecule has 2 heteroatoms. The van der Waals surface area contributed by atoms with Gasteiger partial charge in [-0.15, -0.1) is 0 Å². The fourth-order valence-corrected chi connectivity index (χ4v) is 3.43. The summed E-state index contributed by atoms with van der Waals surface area (Å²) in [5.41, 5.74) is 3.16. The Bertz CT molecular complexity index is 799. The molecule has 2 aromatic carbocycles. The molecule has 0 aliphatic heterocycles. The highest BCUT2D eigenvalue weighted by atomic mass is 16.2. The average Bonchev–Trinajstić information content (AvgIpc) is 2.59. The Hall–Kier alpha value is -2.48. The van der Waals surface area contributed by atoms with Crippen molar-refractivity contribution in [3.8, 4) is 0 Å². The Balaban J connectivity index is 1.86. The first-order chi connectivity index (χ1) is 11.5. The van der Waals surface area contributed by atoms with E-state index in [9.17, 15) is 9.59 Å². The average molecular weight is 318 g/mol. The predicted molar refractivity (Wildman–Crippen MR) is 97.0 cm³/mol. The number of rotatable bonds is 4. The molecule has 0 amide bonds. The Kier molecular flexibility index (Phi) is 4.48. The summed E-state index contributed by atoms with van der Waals surface area (Å²) in [4.78, 5) is 25.4. The summed E-state index contributed by atoms with van der Waals surface area (Å²) in [6.45, 7) is 3.60. The number of hydrogen-bond donors (Lipinski definition) is 0. The van der Waals surface area contributed by atoms with Gasteiger partial charge in [-0.05, 0) is 44.2 Å². The van der Waals surface area contributed by atoms with Gasteiger partial charge >= 0.3 is 0 Å². The Morgan fingerprint density at radius 2 is 1.83 bits per heavy atom. The van der Waals surface area contributed by atoms with E-state index in [4.69, 9.17) is 0 Å². The first-order valence-electron chi connectivity index (χ1n) is 8.40. The van der Waals surface area contributed by atoms with Crippen LogP contribution in [0.5, 0.6) is 0 Å². The van der Waals surface area contributed by atoms with Crippen LogP contribution in [0.4, 0.5) is 0 Å². The third kappa shape index (κ3) is 2.96. The summed E-state index contributed by atoms with van der Waals surface area (Å²) in [5.74, 6) is -0.0547. The Morgan fingerprint density at radius 1 is 1.12 bits per heavy atom. The van der Waals surface area contributed by atoms with E-state index in [0.29, 0.717) is 18.4 Å². The third-order valence-electron chi connectivity index (χ3n) is 5.05. The van der Waals surface area contributed by atoms with Gasteiger partial charge in [0.2, 0.25) is 0 Å². The van der Waals surface area contributed by atoms with Crippen molar-refractivity contribution in [3.63, 3.8) is 0 Å². The summed E-state index contributed by atoms with van der Waals surface area (Å²) in [5, 5.41) is 0. The molecule has 3 rings (SSSR count). The molecule has 2 aromatic rings. The van der Waals surface area contributed by atoms with Gasteiger partial charge in [-0.2, -0.15) is 0 Å². The highest BCUT2D eigenvalue weighted by molar-refractivity contribution is 6.15. The van der Waals surface area contributed by atoms with Crippen LogP contribution < -0.4 is 0 Å². The zero-order chi connectivity index (χ0) is 17.2. The lowest BCUT2D eigenvalue weighted by molar-refractivity contribution is -0.124. The number of Topliss-reactive ketones (excluding diaryl/α,β-unsaturated/α-hetero) is 2. The molecule has 1 atom stereocenters. The number of aryl methyl sites for hydroxylation is 2. The minimum atomic E-state index is -0.907. The van der Waals surface area contributed by atoms with Crippen molar-refractivity contribution in [1.82, 2.24) is 0 Å². The van der Waals surface area contributed by atoms with Crippen LogP contribution >= 0.6 is 0 Å². The lowest BCUT2D eigenvalue weighted by atomic mass is 9.66. The summed E-state index contributed by atoms with van der Waals surface area (Å²) >= 11 is 0. The molecule has 0 heterocycles. The molecule has 0 aromatic heterocycles. The molecule has 0 fully saturated rings. The molecule has 0 saturated heterocycles. The van der Waals surface area contributed by atoms with E-state index >= 15 is 0 Å². The van der Waals surface area contributed by atoms with Gasteiger partial charge < -0.3 is 0 Å². The Labute approximate surface area is 143 Å². The Morgan fingerprint density at radius 3 is 2.54 bits per heavy atom. The van der Waals surface area contributed by atoms with Gasteiger partial charge in [0.15, 0.2) is 5.78 Å². The highest BCUT2D eigenvalue weighted by Crippen LogP contribution is 2.39. The first kappa shape index (κ1) is 16.4. The first-order valence-corrected chi connectivity index (χ1v) is 8.40. The van der Waals surface area contributed by atoms with Gasteiger partial charge in [-0.1, -0.05) is 66.2 Å². The van der Waals surface area contributed by atoms with E-state index in [-0.39, 0.29) is 11.6 Å². The van der Waals surface area contributed by atoms with Crippen LogP contribution in [0, 0.1) is 12.3 Å². The molecule has 24 heavy (non-hydrogen) atoms. The van der Waals surface area contributed by atoms with Gasteiger partial charge in [0.05, 0.1) is 5.41 Å². The fourth-order valence-electron chi connectivity index (χ4n) is 3.43. The molecule has 0 saturated carbocycles. The lowest BCUT2D eigenvalue weighted by Crippen LogP contribution is -2.41. The zero-order valence-electron chi connectivity index (χ0n) is 14.2. The number of fused-ring (bicyclic) bond motifs is 1. The van der Waals surface area contributed by atoms with Crippen LogP contribution in [0.25, 0.3) is 6.08 Å². The number of carbonyl (C=O) groups is 2. The zero-order valence-corrected chi connectivity index (χ0v) is 14.2. The van der Waals surface area contributed by atoms with Crippen molar-refractivity contribution in [2.24, 2.45) is 5.41 Å². The minimum Gasteiger partial charge on any atom is -0.299 e. The van der Waals surface area contributed by atoms with Crippen LogP contribution in [-0.2, 0) is 11.2 Å². The van der Waals surface area contributed by atoms with Crippen LogP contribution in [-0.4, -0.2) is 11.6 Å². The van der Waals surface area contributed by atoms with Crippen LogP contribution in [0.1, 0.15) is 46.8 Å². The molecule has 122 valence electrons. The van der Waals surface area contributed by atoms with Gasteiger partial charge in [0.1, 0.15) is 5.78 Å². The van der Waals surface area contributed by atoms with E-state index in [1.165, 1.54) is 5.56 Å². The van der Waals surface area contributed by atoms with Crippen LogP contribution in [0.15, 0.2) is 54.6 Å². The number of allylic oxidation sites excluding steroid dienone is 1. The monoisotopic (exact) mass is 318 g/mol. The molecule has 1 aliphatic carbocycles. The van der Waals surface area contributed by atoms with E-state index in [1.54, 1.807) is 6.92 Å². The van der Waals surface area contributed by atoms with Crippen molar-refractivity contribution in [3.05, 3.63) is 76.9 Å². The predicted octanol–water partition coefficient (Wildman–Crippen LogP) is 4.80. The van der Waals surface area contributed by atoms with Crippen molar-refractivity contribution in [1.29, 1.82) is 0 Å². The molecule has 0 radical (unpaired) electrons. The van der Waals surface area contributed by atoms with Crippen molar-refractivity contribution in [2.75, 3.05) is 0 Å². The molecule has 0 spiro atoms. The van der Waals surface area contributed by atoms with Gasteiger partial charge in [-0.25, -0.2) is 0 Å². The topological polar surface area (TPSA) is 34.1 Å². The molecule has 0 bridgehead atoms. The van der Waals surface area contributed by atoms with Gasteiger partial charge in [-0.3, -0.25) is 9.59 Å². The second-order valence-electron chi connectivity index (χ2n) is 6.64. The van der Waals surface area contributed by atoms with Gasteiger partial charge in [0, 0.05) is 5.56 Å². The fraction of sp³-hybridized carbons (Fsp3) is 0.273. The van der Waals surface area contributed by atoms with E-state index in [0.717, 1.165) is 17.5 Å². The van der Waals surface area contributed by atoms with Crippen LogP contribution in [0.3, 0.4) is 0 Å². The molecule has 0 N–H and O–H groups in total. The summed E-state index contributed by atoms with van der Waals surface area (Å²) in [6.07, 6.45) is 5.80. The van der Waals surface area contributed by atoms with Crippen LogP contribution in [0.2, 0.25) is 0 Å². The summed E-state index contributed by atoms with van der Waals surface area (Å²) < 4.78 is 0. The van der Waals surface area contributed by atoms with Crippen molar-refractivity contribution >= 4 is 17.6 Å². The van der Waals surface area contributed by atoms with Crippen molar-refractivity contribution in [2.45, 2.75) is 33.1 Å². The maximum atomic E-state index is 13.0. The van der Waals surface area contributed by atoms with E-state index in [1.807, 2.05) is 48.6 Å². The molecular formula is C22H22O2. The number of carbonyl (C=O) groups excluding carboxylic acids is 2. The van der Waals surface area contributed by atoms with E-state index in [2.05, 4.69) is 19.1 Å². The standard InChI is InChI=1S/C22H22O2/c1-16-9-11-18(12-10-16)6-5-14-22(17(2)23)15-13-19-7-3-4-8-20(19)21(22)24/h3-12H,13-15H2,1-2H3/b6-5+/t22-/m1/s1. The van der Waals surface area contributed by atoms with E-state index < -0.39 is 5.41 Å². The molecule has 0 unspecified atom stereocenters. The van der Waals surface area contributed by atoms with Crippen molar-refractivity contribution < 1.29 is 9.59 Å². The quantitative estimate of drug-likeness (QED) is 0.759. The van der Waals surface area contributed by atoms with Gasteiger partial charge in [0.25, 0.3) is 0 Å². The number of ketones is 2. The lowest BCUT2D eigenvalue weighted by Gasteiger charge is -2.33.